The van der Waals surface area contributed by atoms with Crippen LogP contribution < -0.4 is 15.5 Å². The molecule has 4 aromatic rings. The van der Waals surface area contributed by atoms with Crippen LogP contribution in [0.2, 0.25) is 0 Å². The summed E-state index contributed by atoms with van der Waals surface area (Å²) >= 11 is 4.34. The molecule has 0 bridgehead atoms. The molecule has 0 aliphatic heterocycles. The third-order valence-electron chi connectivity index (χ3n) is 7.72. The molecule has 0 saturated carbocycles. The van der Waals surface area contributed by atoms with Gasteiger partial charge in [0, 0.05) is 47.4 Å². The van der Waals surface area contributed by atoms with E-state index in [1.54, 1.807) is 18.3 Å². The number of carbonyl (C=O) groups is 2. The Hall–Kier alpha value is -4.10. The summed E-state index contributed by atoms with van der Waals surface area (Å²) in [6.07, 6.45) is 4.65. The number of benzene rings is 3. The van der Waals surface area contributed by atoms with Gasteiger partial charge in [0.2, 0.25) is 0 Å². The van der Waals surface area contributed by atoms with Gasteiger partial charge < -0.3 is 15.5 Å². The zero-order chi connectivity index (χ0) is 28.8. The highest BCUT2D eigenvalue weighted by molar-refractivity contribution is 7.79. The fourth-order valence-electron chi connectivity index (χ4n) is 5.51. The van der Waals surface area contributed by atoms with Gasteiger partial charge in [-0.3, -0.25) is 14.6 Å². The van der Waals surface area contributed by atoms with Crippen LogP contribution >= 0.6 is 12.6 Å². The lowest BCUT2D eigenvalue weighted by atomic mass is 9.87. The molecule has 2 amide bonds. The number of pyridine rings is 1. The Bertz CT molecular complexity index is 1550. The fourth-order valence-corrected chi connectivity index (χ4v) is 5.71. The minimum Gasteiger partial charge on any atom is -0.372 e. The molecule has 1 aromatic heterocycles. The van der Waals surface area contributed by atoms with Gasteiger partial charge in [0.05, 0.1) is 17.4 Å². The van der Waals surface area contributed by atoms with Gasteiger partial charge in [-0.25, -0.2) is 0 Å². The van der Waals surface area contributed by atoms with Gasteiger partial charge in [-0.15, -0.1) is 0 Å². The Balaban J connectivity index is 1.46. The van der Waals surface area contributed by atoms with E-state index in [4.69, 9.17) is 0 Å². The number of carbonyl (C=O) groups excluding carboxylic acids is 2. The standard InChI is InChI=1S/C34H36N4O2S/c1-3-38(4-2)27-15-16-31(37-33(39)25-12-7-9-23(19-25)22-41)29(21-27)32-20-26(17-18-35-32)34(40)36-30-14-8-11-24-10-5-6-13-28(24)30/h5-7,9-10,12-13,15-21,30,41H,3-4,8,11,14,22H2,1-2H3,(H,36,40)(H,37,39)/t30-/m0/s1. The number of nitrogens with zero attached hydrogens (tertiary/aromatic N) is 2. The minimum absolute atomic E-state index is 0.0158. The smallest absolute Gasteiger partial charge is 0.255 e. The molecule has 0 saturated heterocycles. The average Bonchev–Trinajstić information content (AvgIpc) is 3.02. The van der Waals surface area contributed by atoms with Crippen LogP contribution in [0, 0.1) is 0 Å². The van der Waals surface area contributed by atoms with Crippen LogP contribution in [0.5, 0.6) is 0 Å². The zero-order valence-electron chi connectivity index (χ0n) is 23.6. The molecule has 5 rings (SSSR count). The molecular formula is C34H36N4O2S. The van der Waals surface area contributed by atoms with Gasteiger partial charge in [-0.1, -0.05) is 36.4 Å². The number of thiol groups is 1. The van der Waals surface area contributed by atoms with E-state index < -0.39 is 0 Å². The second kappa shape index (κ2) is 13.0. The molecule has 0 spiro atoms. The van der Waals surface area contributed by atoms with Gasteiger partial charge in [-0.2, -0.15) is 12.6 Å². The van der Waals surface area contributed by atoms with E-state index in [1.165, 1.54) is 11.1 Å². The van der Waals surface area contributed by atoms with Crippen LogP contribution in [-0.2, 0) is 12.2 Å². The zero-order valence-corrected chi connectivity index (χ0v) is 24.5. The van der Waals surface area contributed by atoms with Crippen molar-refractivity contribution in [3.8, 4) is 11.3 Å². The highest BCUT2D eigenvalue weighted by Crippen LogP contribution is 2.33. The van der Waals surface area contributed by atoms with Crippen LogP contribution in [0.1, 0.15) is 70.1 Å². The molecule has 2 N–H and O–H groups in total. The fraction of sp³-hybridized carbons (Fsp3) is 0.265. The number of amides is 2. The third-order valence-corrected chi connectivity index (χ3v) is 8.09. The number of fused-ring (bicyclic) bond motifs is 1. The summed E-state index contributed by atoms with van der Waals surface area (Å²) in [7, 11) is 0. The Labute approximate surface area is 247 Å². The molecule has 0 unspecified atom stereocenters. The quantitative estimate of drug-likeness (QED) is 0.190. The number of hydrogen-bond acceptors (Lipinski definition) is 5. The maximum Gasteiger partial charge on any atom is 0.255 e. The van der Waals surface area contributed by atoms with E-state index in [0.717, 1.165) is 49.2 Å². The second-order valence-electron chi connectivity index (χ2n) is 10.3. The number of aromatic nitrogens is 1. The summed E-state index contributed by atoms with van der Waals surface area (Å²) in [6, 6.07) is 25.3. The van der Waals surface area contributed by atoms with Crippen molar-refractivity contribution in [2.24, 2.45) is 0 Å². The van der Waals surface area contributed by atoms with Crippen LogP contribution in [0.15, 0.2) is 85.1 Å². The van der Waals surface area contributed by atoms with Crippen LogP contribution in [-0.4, -0.2) is 29.9 Å². The molecule has 210 valence electrons. The molecule has 6 nitrogen and oxygen atoms in total. The van der Waals surface area contributed by atoms with Crippen molar-refractivity contribution in [3.05, 3.63) is 113 Å². The molecular weight excluding hydrogens is 528 g/mol. The van der Waals surface area contributed by atoms with E-state index in [2.05, 4.69) is 65.2 Å². The molecule has 0 radical (unpaired) electrons. The summed E-state index contributed by atoms with van der Waals surface area (Å²) in [5, 5.41) is 6.33. The topological polar surface area (TPSA) is 74.3 Å². The summed E-state index contributed by atoms with van der Waals surface area (Å²) < 4.78 is 0. The molecule has 0 fully saturated rings. The first-order chi connectivity index (χ1) is 20.0. The van der Waals surface area contributed by atoms with Crippen molar-refractivity contribution in [2.75, 3.05) is 23.3 Å². The number of rotatable bonds is 9. The van der Waals surface area contributed by atoms with Gasteiger partial charge in [0.25, 0.3) is 11.8 Å². The van der Waals surface area contributed by atoms with Crippen molar-refractivity contribution >= 4 is 35.8 Å². The molecule has 3 aromatic carbocycles. The predicted octanol–water partition coefficient (Wildman–Crippen LogP) is 7.08. The monoisotopic (exact) mass is 564 g/mol. The lowest BCUT2D eigenvalue weighted by Gasteiger charge is -2.26. The minimum atomic E-state index is -0.213. The molecule has 1 aliphatic rings. The Morgan fingerprint density at radius 3 is 2.54 bits per heavy atom. The first-order valence-corrected chi connectivity index (χ1v) is 14.9. The molecule has 7 heteroatoms. The van der Waals surface area contributed by atoms with Crippen molar-refractivity contribution in [3.63, 3.8) is 0 Å². The van der Waals surface area contributed by atoms with Crippen molar-refractivity contribution in [2.45, 2.75) is 44.9 Å². The SMILES string of the molecule is CCN(CC)c1ccc(NC(=O)c2cccc(CS)c2)c(-c2cc(C(=O)N[C@H]3CCCc4ccccc43)ccn2)c1. The largest absolute Gasteiger partial charge is 0.372 e. The van der Waals surface area contributed by atoms with E-state index in [1.807, 2.05) is 48.5 Å². The maximum atomic E-state index is 13.5. The summed E-state index contributed by atoms with van der Waals surface area (Å²) in [5.41, 5.74) is 7.59. The molecule has 1 atom stereocenters. The normalized spacial score (nSPS) is 14.2. The Morgan fingerprint density at radius 2 is 1.73 bits per heavy atom. The lowest BCUT2D eigenvalue weighted by molar-refractivity contribution is 0.0932. The number of anilines is 2. The summed E-state index contributed by atoms with van der Waals surface area (Å²) in [4.78, 5) is 33.6. The van der Waals surface area contributed by atoms with Gasteiger partial charge in [0.1, 0.15) is 0 Å². The second-order valence-corrected chi connectivity index (χ2v) is 10.6. The molecule has 41 heavy (non-hydrogen) atoms. The van der Waals surface area contributed by atoms with Crippen molar-refractivity contribution in [1.82, 2.24) is 10.3 Å². The molecule has 1 heterocycles. The number of nitrogens with one attached hydrogen (secondary N) is 2. The first kappa shape index (κ1) is 28.4. The van der Waals surface area contributed by atoms with E-state index in [-0.39, 0.29) is 17.9 Å². The summed E-state index contributed by atoms with van der Waals surface area (Å²) in [6.45, 7) is 5.91. The van der Waals surface area contributed by atoms with Crippen LogP contribution in [0.25, 0.3) is 11.3 Å². The Morgan fingerprint density at radius 1 is 0.927 bits per heavy atom. The highest BCUT2D eigenvalue weighted by Gasteiger charge is 2.22. The van der Waals surface area contributed by atoms with Gasteiger partial charge in [-0.05, 0) is 92.3 Å². The molecule has 1 aliphatic carbocycles. The van der Waals surface area contributed by atoms with Gasteiger partial charge in [0.15, 0.2) is 0 Å². The van der Waals surface area contributed by atoms with E-state index in [9.17, 15) is 9.59 Å². The number of aryl methyl sites for hydroxylation is 1. The average molecular weight is 565 g/mol. The predicted molar refractivity (Wildman–Crippen MR) is 170 cm³/mol. The van der Waals surface area contributed by atoms with Gasteiger partial charge >= 0.3 is 0 Å². The van der Waals surface area contributed by atoms with Crippen molar-refractivity contribution in [1.29, 1.82) is 0 Å². The van der Waals surface area contributed by atoms with Crippen LogP contribution in [0.3, 0.4) is 0 Å². The Kier molecular flexibility index (Phi) is 9.04. The lowest BCUT2D eigenvalue weighted by Crippen LogP contribution is -2.31. The van der Waals surface area contributed by atoms with E-state index in [0.29, 0.717) is 28.3 Å². The highest BCUT2D eigenvalue weighted by atomic mass is 32.1. The first-order valence-electron chi connectivity index (χ1n) is 14.3. The maximum absolute atomic E-state index is 13.5. The number of hydrogen-bond donors (Lipinski definition) is 3. The van der Waals surface area contributed by atoms with Crippen molar-refractivity contribution < 1.29 is 9.59 Å². The summed E-state index contributed by atoms with van der Waals surface area (Å²) in [5.74, 6) is 0.204. The van der Waals surface area contributed by atoms with E-state index >= 15 is 0 Å². The van der Waals surface area contributed by atoms with Crippen LogP contribution in [0.4, 0.5) is 11.4 Å². The third kappa shape index (κ3) is 6.46.